The lowest BCUT2D eigenvalue weighted by atomic mass is 9.90. The van der Waals surface area contributed by atoms with Gasteiger partial charge in [-0.15, -0.1) is 0 Å². The van der Waals surface area contributed by atoms with Gasteiger partial charge in [-0.25, -0.2) is 9.59 Å². The van der Waals surface area contributed by atoms with Crippen molar-refractivity contribution in [2.24, 2.45) is 5.73 Å². The topological polar surface area (TPSA) is 97.1 Å². The van der Waals surface area contributed by atoms with Crippen LogP contribution in [0, 0.1) is 0 Å². The van der Waals surface area contributed by atoms with Crippen LogP contribution in [-0.2, 0) is 35.9 Å². The molecule has 2 aromatic carbocycles. The van der Waals surface area contributed by atoms with E-state index in [1.54, 1.807) is 45.0 Å². The lowest BCUT2D eigenvalue weighted by molar-refractivity contribution is -0.173. The summed E-state index contributed by atoms with van der Waals surface area (Å²) in [4.78, 5) is 26.2. The summed E-state index contributed by atoms with van der Waals surface area (Å²) < 4.78 is 22.6. The van der Waals surface area contributed by atoms with Crippen molar-refractivity contribution in [3.8, 4) is 5.75 Å². The highest BCUT2D eigenvalue weighted by Gasteiger charge is 2.48. The highest BCUT2D eigenvalue weighted by Crippen LogP contribution is 2.27. The Hall–Kier alpha value is -2.90. The molecule has 0 heterocycles. The maximum atomic E-state index is 13.1. The number of rotatable bonds is 10. The van der Waals surface area contributed by atoms with Gasteiger partial charge in [-0.05, 0) is 56.9 Å². The lowest BCUT2D eigenvalue weighted by Crippen LogP contribution is -2.55. The SMILES string of the molecule is CC(C)(C)OC(=O)C(N)(C(=O)OCc1ccccc1)c1ccc(OCCOC2CCCCC2)cc1. The van der Waals surface area contributed by atoms with Crippen LogP contribution >= 0.6 is 0 Å². The van der Waals surface area contributed by atoms with Crippen LogP contribution in [0.25, 0.3) is 0 Å². The molecule has 1 aliphatic carbocycles. The van der Waals surface area contributed by atoms with Crippen molar-refractivity contribution in [2.75, 3.05) is 13.2 Å². The van der Waals surface area contributed by atoms with E-state index in [-0.39, 0.29) is 12.2 Å². The summed E-state index contributed by atoms with van der Waals surface area (Å²) >= 11 is 0. The zero-order valence-corrected chi connectivity index (χ0v) is 21.0. The van der Waals surface area contributed by atoms with Crippen LogP contribution < -0.4 is 10.5 Å². The van der Waals surface area contributed by atoms with Crippen LogP contribution in [0.2, 0.25) is 0 Å². The number of hydrogen-bond donors (Lipinski definition) is 1. The van der Waals surface area contributed by atoms with E-state index in [4.69, 9.17) is 24.7 Å². The molecular formula is C28H37NO6. The van der Waals surface area contributed by atoms with Gasteiger partial charge < -0.3 is 24.7 Å². The van der Waals surface area contributed by atoms with E-state index < -0.39 is 23.1 Å². The van der Waals surface area contributed by atoms with Crippen LogP contribution in [0.1, 0.15) is 64.0 Å². The van der Waals surface area contributed by atoms with Gasteiger partial charge in [-0.3, -0.25) is 0 Å². The molecule has 0 bridgehead atoms. The quantitative estimate of drug-likeness (QED) is 0.298. The second-order valence-corrected chi connectivity index (χ2v) is 9.88. The minimum absolute atomic E-state index is 0.0103. The molecule has 1 fully saturated rings. The Kier molecular flexibility index (Phi) is 9.29. The molecule has 0 amide bonds. The van der Waals surface area contributed by atoms with Crippen LogP contribution in [-0.4, -0.2) is 36.9 Å². The van der Waals surface area contributed by atoms with Gasteiger partial charge in [0.1, 0.15) is 24.6 Å². The molecule has 1 aliphatic rings. The third-order valence-electron chi connectivity index (χ3n) is 5.82. The molecule has 0 aliphatic heterocycles. The van der Waals surface area contributed by atoms with Gasteiger partial charge in [-0.2, -0.15) is 0 Å². The predicted octanol–water partition coefficient (Wildman–Crippen LogP) is 4.65. The Balaban J connectivity index is 1.66. The predicted molar refractivity (Wildman–Crippen MR) is 133 cm³/mol. The molecule has 35 heavy (non-hydrogen) atoms. The highest BCUT2D eigenvalue weighted by atomic mass is 16.6. The minimum Gasteiger partial charge on any atom is -0.491 e. The van der Waals surface area contributed by atoms with Crippen LogP contribution in [0.4, 0.5) is 0 Å². The number of carbonyl (C=O) groups is 2. The largest absolute Gasteiger partial charge is 0.491 e. The highest BCUT2D eigenvalue weighted by molar-refractivity contribution is 6.05. The summed E-state index contributed by atoms with van der Waals surface area (Å²) in [6.07, 6.45) is 6.27. The van der Waals surface area contributed by atoms with E-state index in [0.717, 1.165) is 18.4 Å². The van der Waals surface area contributed by atoms with Gasteiger partial charge in [0.25, 0.3) is 0 Å². The van der Waals surface area contributed by atoms with E-state index in [0.29, 0.717) is 25.1 Å². The molecule has 1 atom stereocenters. The fourth-order valence-corrected chi connectivity index (χ4v) is 3.93. The maximum absolute atomic E-state index is 13.1. The molecule has 7 nitrogen and oxygen atoms in total. The van der Waals surface area contributed by atoms with Gasteiger partial charge in [-0.1, -0.05) is 61.7 Å². The lowest BCUT2D eigenvalue weighted by Gasteiger charge is -2.30. The Labute approximate surface area is 207 Å². The fourth-order valence-electron chi connectivity index (χ4n) is 3.93. The number of carbonyl (C=O) groups excluding carboxylic acids is 2. The van der Waals surface area contributed by atoms with E-state index in [2.05, 4.69) is 0 Å². The van der Waals surface area contributed by atoms with Gasteiger partial charge in [0.2, 0.25) is 5.54 Å². The van der Waals surface area contributed by atoms with E-state index in [9.17, 15) is 9.59 Å². The Morgan fingerprint density at radius 2 is 1.54 bits per heavy atom. The summed E-state index contributed by atoms with van der Waals surface area (Å²) in [5.41, 5.74) is 4.51. The van der Waals surface area contributed by atoms with Crippen LogP contribution in [0.3, 0.4) is 0 Å². The zero-order chi connectivity index (χ0) is 25.3. The first-order chi connectivity index (χ1) is 16.7. The molecule has 0 spiro atoms. The molecule has 3 rings (SSSR count). The molecule has 7 heteroatoms. The van der Waals surface area contributed by atoms with Crippen molar-refractivity contribution in [3.05, 3.63) is 65.7 Å². The van der Waals surface area contributed by atoms with E-state index >= 15 is 0 Å². The zero-order valence-electron chi connectivity index (χ0n) is 21.0. The molecule has 2 N–H and O–H groups in total. The summed E-state index contributed by atoms with van der Waals surface area (Å²) in [7, 11) is 0. The van der Waals surface area contributed by atoms with Crippen molar-refractivity contribution >= 4 is 11.9 Å². The average molecular weight is 484 g/mol. The van der Waals surface area contributed by atoms with Gasteiger partial charge in [0.05, 0.1) is 12.7 Å². The first-order valence-electron chi connectivity index (χ1n) is 12.3. The third-order valence-corrected chi connectivity index (χ3v) is 5.82. The molecule has 2 aromatic rings. The van der Waals surface area contributed by atoms with Crippen molar-refractivity contribution < 1.29 is 28.5 Å². The number of benzene rings is 2. The molecule has 1 unspecified atom stereocenters. The number of hydrogen-bond acceptors (Lipinski definition) is 7. The monoisotopic (exact) mass is 483 g/mol. The number of ether oxygens (including phenoxy) is 4. The van der Waals surface area contributed by atoms with Crippen LogP contribution in [0.15, 0.2) is 54.6 Å². The smallest absolute Gasteiger partial charge is 0.343 e. The van der Waals surface area contributed by atoms with Gasteiger partial charge in [0.15, 0.2) is 0 Å². The van der Waals surface area contributed by atoms with Gasteiger partial charge >= 0.3 is 11.9 Å². The molecule has 190 valence electrons. The second-order valence-electron chi connectivity index (χ2n) is 9.88. The number of esters is 2. The summed E-state index contributed by atoms with van der Waals surface area (Å²) in [5.74, 6) is -1.17. The Bertz CT molecular complexity index is 948. The summed E-state index contributed by atoms with van der Waals surface area (Å²) in [6.45, 7) is 6.06. The molecular weight excluding hydrogens is 446 g/mol. The Morgan fingerprint density at radius 3 is 2.17 bits per heavy atom. The van der Waals surface area contributed by atoms with Crippen molar-refractivity contribution in [3.63, 3.8) is 0 Å². The van der Waals surface area contributed by atoms with E-state index in [1.165, 1.54) is 19.3 Å². The Morgan fingerprint density at radius 1 is 0.886 bits per heavy atom. The number of nitrogens with two attached hydrogens (primary N) is 1. The first-order valence-corrected chi connectivity index (χ1v) is 12.3. The molecule has 0 saturated heterocycles. The summed E-state index contributed by atoms with van der Waals surface area (Å²) in [5, 5.41) is 0. The minimum atomic E-state index is -2.12. The van der Waals surface area contributed by atoms with Crippen LogP contribution in [0.5, 0.6) is 5.75 Å². The average Bonchev–Trinajstić information content (AvgIpc) is 2.85. The van der Waals surface area contributed by atoms with E-state index in [1.807, 2.05) is 30.3 Å². The molecule has 1 saturated carbocycles. The van der Waals surface area contributed by atoms with Crippen molar-refractivity contribution in [2.45, 2.75) is 76.7 Å². The van der Waals surface area contributed by atoms with Gasteiger partial charge in [0, 0.05) is 0 Å². The second kappa shape index (κ2) is 12.2. The fraction of sp³-hybridized carbons (Fsp3) is 0.500. The molecule has 0 radical (unpaired) electrons. The molecule has 0 aromatic heterocycles. The van der Waals surface area contributed by atoms with Crippen molar-refractivity contribution in [1.82, 2.24) is 0 Å². The normalized spacial score (nSPS) is 16.2. The van der Waals surface area contributed by atoms with Crippen molar-refractivity contribution in [1.29, 1.82) is 0 Å². The maximum Gasteiger partial charge on any atom is 0.343 e. The summed E-state index contributed by atoms with van der Waals surface area (Å²) in [6, 6.07) is 15.7. The standard InChI is InChI=1S/C28H37NO6/c1-27(2,3)35-26(31)28(29,25(30)34-20-21-10-6-4-7-11-21)22-14-16-24(17-15-22)33-19-18-32-23-12-8-5-9-13-23/h4,6-7,10-11,14-17,23H,5,8-9,12-13,18-20,29H2,1-3H3. The first kappa shape index (κ1) is 26.7. The third kappa shape index (κ3) is 7.80.